The Morgan fingerprint density at radius 3 is 2.52 bits per heavy atom. The standard InChI is InChI=1S/C34H44FN5O6/c1-3-30(42)37-27(34(45)40-15-13-39(2)14-16-40)18-21-9-10-26(25(35)17-21)38-32(43)23(22-7-5-4-6-8-22)19-28(41)24-20-46-29-11-12-36-33(44)31(24)29/h9-10,17,20,22-23,27H,3-8,11-16,18-19H2,1-2H3,(H,36,44)(H,37,42)(H,38,43)/t23-,27+/m0/s1. The Bertz CT molecular complexity index is 1460. The molecule has 1 saturated heterocycles. The highest BCUT2D eigenvalue weighted by atomic mass is 19.1. The largest absolute Gasteiger partial charge is 0.468 e. The number of ketones is 1. The van der Waals surface area contributed by atoms with Crippen LogP contribution in [0.25, 0.3) is 0 Å². The van der Waals surface area contributed by atoms with Crippen LogP contribution in [0.1, 0.15) is 83.9 Å². The van der Waals surface area contributed by atoms with Gasteiger partial charge in [0.2, 0.25) is 17.7 Å². The molecule has 1 saturated carbocycles. The summed E-state index contributed by atoms with van der Waals surface area (Å²) in [4.78, 5) is 69.1. The molecule has 12 heteroatoms. The monoisotopic (exact) mass is 637 g/mol. The number of furan rings is 1. The number of fused-ring (bicyclic) bond motifs is 1. The first-order valence-corrected chi connectivity index (χ1v) is 16.4. The van der Waals surface area contributed by atoms with Gasteiger partial charge >= 0.3 is 0 Å². The number of Topliss-reactive ketones (excluding diaryl/α,β-unsaturated/α-hetero) is 1. The zero-order valence-electron chi connectivity index (χ0n) is 26.7. The molecular weight excluding hydrogens is 593 g/mol. The number of carbonyl (C=O) groups excluding carboxylic acids is 5. The zero-order chi connectivity index (χ0) is 32.8. The number of rotatable bonds is 11. The molecule has 5 rings (SSSR count). The molecule has 0 unspecified atom stereocenters. The van der Waals surface area contributed by atoms with Crippen LogP contribution in [0.3, 0.4) is 0 Å². The van der Waals surface area contributed by atoms with Crippen molar-refractivity contribution in [3.63, 3.8) is 0 Å². The molecule has 46 heavy (non-hydrogen) atoms. The normalized spacial score (nSPS) is 18.7. The molecule has 1 aromatic carbocycles. The Labute approximate surface area is 268 Å². The second-order valence-electron chi connectivity index (χ2n) is 12.7. The number of piperazine rings is 1. The fraction of sp³-hybridized carbons (Fsp3) is 0.559. The molecule has 2 aromatic rings. The number of anilines is 1. The lowest BCUT2D eigenvalue weighted by atomic mass is 9.76. The van der Waals surface area contributed by atoms with Gasteiger partial charge in [0.15, 0.2) is 5.78 Å². The Morgan fingerprint density at radius 2 is 1.83 bits per heavy atom. The number of amides is 4. The van der Waals surface area contributed by atoms with Gasteiger partial charge in [-0.1, -0.05) is 32.3 Å². The van der Waals surface area contributed by atoms with Gasteiger partial charge in [-0.3, -0.25) is 24.0 Å². The topological polar surface area (TPSA) is 141 Å². The minimum Gasteiger partial charge on any atom is -0.468 e. The second-order valence-corrected chi connectivity index (χ2v) is 12.7. The van der Waals surface area contributed by atoms with Gasteiger partial charge in [0, 0.05) is 64.3 Å². The fourth-order valence-electron chi connectivity index (χ4n) is 6.73. The van der Waals surface area contributed by atoms with Crippen LogP contribution in [0.2, 0.25) is 0 Å². The van der Waals surface area contributed by atoms with Crippen LogP contribution < -0.4 is 16.0 Å². The highest BCUT2D eigenvalue weighted by Gasteiger charge is 2.35. The molecule has 0 bridgehead atoms. The zero-order valence-corrected chi connectivity index (χ0v) is 26.7. The summed E-state index contributed by atoms with van der Waals surface area (Å²) in [7, 11) is 1.99. The third-order valence-corrected chi connectivity index (χ3v) is 9.49. The summed E-state index contributed by atoms with van der Waals surface area (Å²) in [6, 6.07) is 3.53. The summed E-state index contributed by atoms with van der Waals surface area (Å²) in [6.45, 7) is 4.71. The number of carbonyl (C=O) groups is 5. The van der Waals surface area contributed by atoms with Crippen molar-refractivity contribution in [3.05, 3.63) is 52.7 Å². The number of likely N-dealkylation sites (N-methyl/N-ethyl adjacent to an activating group) is 1. The molecule has 0 radical (unpaired) electrons. The third kappa shape index (κ3) is 7.83. The molecule has 11 nitrogen and oxygen atoms in total. The van der Waals surface area contributed by atoms with E-state index in [-0.39, 0.29) is 65.5 Å². The molecule has 2 aliphatic heterocycles. The van der Waals surface area contributed by atoms with Crippen molar-refractivity contribution in [3.8, 4) is 0 Å². The van der Waals surface area contributed by atoms with Crippen LogP contribution in [-0.4, -0.2) is 85.0 Å². The first-order valence-electron chi connectivity index (χ1n) is 16.4. The lowest BCUT2D eigenvalue weighted by Crippen LogP contribution is -2.54. The van der Waals surface area contributed by atoms with Crippen LogP contribution in [-0.2, 0) is 27.2 Å². The molecule has 0 spiro atoms. The van der Waals surface area contributed by atoms with Crippen LogP contribution in [0.4, 0.5) is 10.1 Å². The lowest BCUT2D eigenvalue weighted by Gasteiger charge is -2.34. The van der Waals surface area contributed by atoms with Crippen LogP contribution in [0, 0.1) is 17.7 Å². The summed E-state index contributed by atoms with van der Waals surface area (Å²) in [6.07, 6.45) is 6.49. The van der Waals surface area contributed by atoms with E-state index >= 15 is 4.39 Å². The number of hydrogen-bond donors (Lipinski definition) is 3. The van der Waals surface area contributed by atoms with Crippen LogP contribution >= 0.6 is 0 Å². The van der Waals surface area contributed by atoms with Gasteiger partial charge in [-0.05, 0) is 43.5 Å². The lowest BCUT2D eigenvalue weighted by molar-refractivity contribution is -0.137. The van der Waals surface area contributed by atoms with E-state index in [0.29, 0.717) is 37.4 Å². The Kier molecular flexibility index (Phi) is 10.9. The van der Waals surface area contributed by atoms with Crippen molar-refractivity contribution in [2.24, 2.45) is 11.8 Å². The van der Waals surface area contributed by atoms with Crippen molar-refractivity contribution in [1.29, 1.82) is 0 Å². The SMILES string of the molecule is CCC(=O)N[C@H](Cc1ccc(NC(=O)[C@@H](CC(=O)c2coc3c2C(=O)NCC3)C2CCCCC2)c(F)c1)C(=O)N1CCN(C)CC1. The minimum absolute atomic E-state index is 0.0263. The maximum absolute atomic E-state index is 15.5. The predicted molar refractivity (Wildman–Crippen MR) is 169 cm³/mol. The highest BCUT2D eigenvalue weighted by Crippen LogP contribution is 2.34. The van der Waals surface area contributed by atoms with Crippen molar-refractivity contribution in [1.82, 2.24) is 20.4 Å². The Hall–Kier alpha value is -4.06. The molecular formula is C34H44FN5O6. The van der Waals surface area contributed by atoms with E-state index in [9.17, 15) is 24.0 Å². The van der Waals surface area contributed by atoms with Gasteiger partial charge in [-0.25, -0.2) is 4.39 Å². The van der Waals surface area contributed by atoms with E-state index in [2.05, 4.69) is 20.9 Å². The molecule has 3 aliphatic rings. The molecule has 1 aliphatic carbocycles. The molecule has 3 heterocycles. The maximum Gasteiger partial charge on any atom is 0.255 e. The number of nitrogens with one attached hydrogen (secondary N) is 3. The molecule has 1 aromatic heterocycles. The van der Waals surface area contributed by atoms with E-state index in [0.717, 1.165) is 45.2 Å². The molecule has 248 valence electrons. The van der Waals surface area contributed by atoms with E-state index in [1.165, 1.54) is 18.4 Å². The third-order valence-electron chi connectivity index (χ3n) is 9.49. The second kappa shape index (κ2) is 15.0. The minimum atomic E-state index is -0.840. The Morgan fingerprint density at radius 1 is 1.09 bits per heavy atom. The summed E-state index contributed by atoms with van der Waals surface area (Å²) in [5, 5.41) is 8.24. The quantitative estimate of drug-likeness (QED) is 0.321. The van der Waals surface area contributed by atoms with E-state index in [1.54, 1.807) is 17.9 Å². The first-order chi connectivity index (χ1) is 22.1. The van der Waals surface area contributed by atoms with Crippen molar-refractivity contribution >= 4 is 35.1 Å². The van der Waals surface area contributed by atoms with Crippen molar-refractivity contribution in [2.45, 2.75) is 70.8 Å². The van der Waals surface area contributed by atoms with Gasteiger partial charge in [0.1, 0.15) is 23.9 Å². The van der Waals surface area contributed by atoms with Crippen molar-refractivity contribution < 1.29 is 32.8 Å². The molecule has 2 fully saturated rings. The van der Waals surface area contributed by atoms with Crippen molar-refractivity contribution in [2.75, 3.05) is 45.1 Å². The average molecular weight is 638 g/mol. The predicted octanol–water partition coefficient (Wildman–Crippen LogP) is 3.32. The molecule has 2 atom stereocenters. The summed E-state index contributed by atoms with van der Waals surface area (Å²) < 4.78 is 21.0. The maximum atomic E-state index is 15.5. The van der Waals surface area contributed by atoms with E-state index in [1.807, 2.05) is 7.05 Å². The summed E-state index contributed by atoms with van der Waals surface area (Å²) >= 11 is 0. The molecule has 4 amide bonds. The van der Waals surface area contributed by atoms with Crippen LogP contribution in [0.5, 0.6) is 0 Å². The fourth-order valence-corrected chi connectivity index (χ4v) is 6.73. The Balaban J connectivity index is 1.30. The number of benzene rings is 1. The van der Waals surface area contributed by atoms with Gasteiger partial charge in [0.25, 0.3) is 5.91 Å². The van der Waals surface area contributed by atoms with Gasteiger partial charge < -0.3 is 30.2 Å². The molecule has 3 N–H and O–H groups in total. The summed E-state index contributed by atoms with van der Waals surface area (Å²) in [5.41, 5.74) is 0.885. The van der Waals surface area contributed by atoms with Gasteiger partial charge in [-0.2, -0.15) is 0 Å². The van der Waals surface area contributed by atoms with E-state index in [4.69, 9.17) is 4.42 Å². The van der Waals surface area contributed by atoms with Gasteiger partial charge in [-0.15, -0.1) is 0 Å². The number of halogens is 1. The average Bonchev–Trinajstić information content (AvgIpc) is 3.50. The first kappa shape index (κ1) is 33.3. The number of nitrogens with zero attached hydrogens (tertiary/aromatic N) is 2. The van der Waals surface area contributed by atoms with Crippen LogP contribution in [0.15, 0.2) is 28.9 Å². The number of hydrogen-bond acceptors (Lipinski definition) is 7. The highest BCUT2D eigenvalue weighted by molar-refractivity contribution is 6.10. The van der Waals surface area contributed by atoms with E-state index < -0.39 is 23.7 Å². The summed E-state index contributed by atoms with van der Waals surface area (Å²) in [5.74, 6) is -2.61. The smallest absolute Gasteiger partial charge is 0.255 e. The van der Waals surface area contributed by atoms with Gasteiger partial charge in [0.05, 0.1) is 16.8 Å².